The zero-order valence-electron chi connectivity index (χ0n) is 15.6. The highest BCUT2D eigenvalue weighted by molar-refractivity contribution is 9.09. The fourth-order valence-corrected chi connectivity index (χ4v) is 3.21. The van der Waals surface area contributed by atoms with Gasteiger partial charge in [-0.2, -0.15) is 0 Å². The van der Waals surface area contributed by atoms with Crippen LogP contribution in [0.5, 0.6) is 0 Å². The summed E-state index contributed by atoms with van der Waals surface area (Å²) in [5.74, 6) is -0.00937. The number of halogens is 1. The Morgan fingerprint density at radius 2 is 1.39 bits per heavy atom. The van der Waals surface area contributed by atoms with Gasteiger partial charge in [0.15, 0.2) is 0 Å². The van der Waals surface area contributed by atoms with Crippen LogP contribution in [0.15, 0.2) is 0 Å². The highest BCUT2D eigenvalue weighted by atomic mass is 79.9. The van der Waals surface area contributed by atoms with Crippen molar-refractivity contribution < 1.29 is 9.53 Å². The lowest BCUT2D eigenvalue weighted by Crippen LogP contribution is -2.17. The number of unbranched alkanes of at least 4 members (excludes halogenated alkanes) is 10. The van der Waals surface area contributed by atoms with Crippen LogP contribution in [0.4, 0.5) is 0 Å². The van der Waals surface area contributed by atoms with Gasteiger partial charge in [0.1, 0.15) is 6.10 Å². The molecule has 0 spiro atoms. The molecule has 0 N–H and O–H groups in total. The predicted molar refractivity (Wildman–Crippen MR) is 104 cm³/mol. The molecular formula is C20H39BrO2. The largest absolute Gasteiger partial charge is 0.462 e. The Bertz CT molecular complexity index is 256. The summed E-state index contributed by atoms with van der Waals surface area (Å²) < 4.78 is 5.57. The van der Waals surface area contributed by atoms with E-state index in [2.05, 4.69) is 29.8 Å². The number of ether oxygens (including phenoxy) is 1. The van der Waals surface area contributed by atoms with E-state index in [1.54, 1.807) is 0 Å². The molecule has 0 aliphatic heterocycles. The molecule has 0 bridgehead atoms. The van der Waals surface area contributed by atoms with Gasteiger partial charge in [0.25, 0.3) is 0 Å². The van der Waals surface area contributed by atoms with Gasteiger partial charge in [0.05, 0.1) is 0 Å². The molecule has 0 heterocycles. The molecule has 0 fully saturated rings. The smallest absolute Gasteiger partial charge is 0.306 e. The van der Waals surface area contributed by atoms with Gasteiger partial charge in [-0.05, 0) is 32.1 Å². The molecule has 0 saturated carbocycles. The average molecular weight is 391 g/mol. The van der Waals surface area contributed by atoms with Crippen LogP contribution in [0.25, 0.3) is 0 Å². The zero-order chi connectivity index (χ0) is 17.2. The SMILES string of the molecule is CCCCCCCCCCCCC(CC)OC(=O)CCCCBr. The minimum atomic E-state index is -0.00937. The number of alkyl halides is 1. The van der Waals surface area contributed by atoms with Crippen LogP contribution < -0.4 is 0 Å². The molecule has 3 heteroatoms. The molecule has 0 aliphatic rings. The standard InChI is InChI=1S/C20H39BrO2/c1-3-5-6-7-8-9-10-11-12-13-16-19(4-2)23-20(22)17-14-15-18-21/h19H,3-18H2,1-2H3. The van der Waals surface area contributed by atoms with Crippen molar-refractivity contribution in [3.05, 3.63) is 0 Å². The summed E-state index contributed by atoms with van der Waals surface area (Å²) in [6.45, 7) is 4.39. The molecule has 0 aromatic rings. The van der Waals surface area contributed by atoms with Crippen molar-refractivity contribution in [3.63, 3.8) is 0 Å². The van der Waals surface area contributed by atoms with Crippen molar-refractivity contribution >= 4 is 21.9 Å². The Morgan fingerprint density at radius 1 is 0.826 bits per heavy atom. The van der Waals surface area contributed by atoms with E-state index in [4.69, 9.17) is 4.74 Å². The van der Waals surface area contributed by atoms with Crippen molar-refractivity contribution in [2.45, 2.75) is 116 Å². The molecule has 0 amide bonds. The topological polar surface area (TPSA) is 26.3 Å². The van der Waals surface area contributed by atoms with Crippen LogP contribution >= 0.6 is 15.9 Å². The summed E-state index contributed by atoms with van der Waals surface area (Å²) in [5, 5.41) is 0.968. The van der Waals surface area contributed by atoms with E-state index in [1.807, 2.05) is 0 Å². The lowest BCUT2D eigenvalue weighted by Gasteiger charge is -2.16. The number of rotatable bonds is 17. The van der Waals surface area contributed by atoms with Crippen molar-refractivity contribution in [2.75, 3.05) is 5.33 Å². The van der Waals surface area contributed by atoms with Gasteiger partial charge < -0.3 is 4.74 Å². The van der Waals surface area contributed by atoms with E-state index < -0.39 is 0 Å². The maximum Gasteiger partial charge on any atom is 0.306 e. The fraction of sp³-hybridized carbons (Fsp3) is 0.950. The van der Waals surface area contributed by atoms with Crippen LogP contribution in [0.1, 0.15) is 110 Å². The molecule has 0 aliphatic carbocycles. The maximum absolute atomic E-state index is 11.7. The second kappa shape index (κ2) is 18.3. The first-order valence-corrected chi connectivity index (χ1v) is 11.1. The van der Waals surface area contributed by atoms with E-state index in [1.165, 1.54) is 64.2 Å². The Balaban J connectivity index is 3.44. The van der Waals surface area contributed by atoms with Crippen molar-refractivity contribution in [1.29, 1.82) is 0 Å². The van der Waals surface area contributed by atoms with Gasteiger partial charge in [0, 0.05) is 11.8 Å². The maximum atomic E-state index is 11.7. The highest BCUT2D eigenvalue weighted by Crippen LogP contribution is 2.15. The number of carbonyl (C=O) groups is 1. The molecule has 138 valence electrons. The lowest BCUT2D eigenvalue weighted by atomic mass is 10.0. The van der Waals surface area contributed by atoms with Crippen LogP contribution in [0.2, 0.25) is 0 Å². The molecule has 0 aromatic carbocycles. The van der Waals surface area contributed by atoms with Crippen LogP contribution in [0.3, 0.4) is 0 Å². The van der Waals surface area contributed by atoms with Crippen LogP contribution in [-0.2, 0) is 9.53 Å². The van der Waals surface area contributed by atoms with Crippen molar-refractivity contribution in [3.8, 4) is 0 Å². The fourth-order valence-electron chi connectivity index (χ4n) is 2.81. The Kier molecular flexibility index (Phi) is 18.3. The summed E-state index contributed by atoms with van der Waals surface area (Å²) >= 11 is 3.39. The monoisotopic (exact) mass is 390 g/mol. The number of esters is 1. The van der Waals surface area contributed by atoms with Gasteiger partial charge in [-0.3, -0.25) is 4.79 Å². The number of carbonyl (C=O) groups excluding carboxylic acids is 1. The zero-order valence-corrected chi connectivity index (χ0v) is 17.2. The number of hydrogen-bond acceptors (Lipinski definition) is 2. The molecule has 0 rings (SSSR count). The Morgan fingerprint density at radius 3 is 1.91 bits per heavy atom. The summed E-state index contributed by atoms with van der Waals surface area (Å²) in [7, 11) is 0. The first kappa shape index (κ1) is 22.9. The van der Waals surface area contributed by atoms with E-state index in [-0.39, 0.29) is 12.1 Å². The third-order valence-corrected chi connectivity index (χ3v) is 4.96. The molecule has 0 radical (unpaired) electrons. The second-order valence-corrected chi connectivity index (χ2v) is 7.43. The average Bonchev–Trinajstić information content (AvgIpc) is 2.55. The molecule has 1 unspecified atom stereocenters. The van der Waals surface area contributed by atoms with Crippen LogP contribution in [0, 0.1) is 0 Å². The Labute approximate surface area is 153 Å². The van der Waals surface area contributed by atoms with Gasteiger partial charge >= 0.3 is 5.97 Å². The summed E-state index contributed by atoms with van der Waals surface area (Å²) in [4.78, 5) is 11.7. The molecule has 23 heavy (non-hydrogen) atoms. The van der Waals surface area contributed by atoms with Gasteiger partial charge in [-0.15, -0.1) is 0 Å². The molecule has 2 nitrogen and oxygen atoms in total. The predicted octanol–water partition coefficient (Wildman–Crippen LogP) is 7.18. The van der Waals surface area contributed by atoms with E-state index >= 15 is 0 Å². The first-order chi connectivity index (χ1) is 11.2. The quantitative estimate of drug-likeness (QED) is 0.149. The van der Waals surface area contributed by atoms with Gasteiger partial charge in [-0.1, -0.05) is 87.6 Å². The molecule has 0 saturated heterocycles. The van der Waals surface area contributed by atoms with Gasteiger partial charge in [-0.25, -0.2) is 0 Å². The highest BCUT2D eigenvalue weighted by Gasteiger charge is 2.11. The minimum Gasteiger partial charge on any atom is -0.462 e. The van der Waals surface area contributed by atoms with E-state index in [0.717, 1.165) is 31.0 Å². The second-order valence-electron chi connectivity index (χ2n) is 6.64. The third kappa shape index (κ3) is 16.6. The van der Waals surface area contributed by atoms with Crippen molar-refractivity contribution in [2.24, 2.45) is 0 Å². The summed E-state index contributed by atoms with van der Waals surface area (Å²) in [6.07, 6.45) is 18.2. The first-order valence-electron chi connectivity index (χ1n) is 10.00. The Hall–Kier alpha value is -0.0500. The summed E-state index contributed by atoms with van der Waals surface area (Å²) in [6, 6.07) is 0. The molecule has 0 aromatic heterocycles. The normalized spacial score (nSPS) is 12.3. The van der Waals surface area contributed by atoms with Crippen molar-refractivity contribution in [1.82, 2.24) is 0 Å². The van der Waals surface area contributed by atoms with Crippen LogP contribution in [-0.4, -0.2) is 17.4 Å². The van der Waals surface area contributed by atoms with E-state index in [0.29, 0.717) is 6.42 Å². The lowest BCUT2D eigenvalue weighted by molar-refractivity contribution is -0.149. The van der Waals surface area contributed by atoms with E-state index in [9.17, 15) is 4.79 Å². The summed E-state index contributed by atoms with van der Waals surface area (Å²) in [5.41, 5.74) is 0. The van der Waals surface area contributed by atoms with Gasteiger partial charge in [0.2, 0.25) is 0 Å². The molecule has 1 atom stereocenters. The third-order valence-electron chi connectivity index (χ3n) is 4.40. The number of hydrogen-bond donors (Lipinski definition) is 0. The molecular weight excluding hydrogens is 352 g/mol. The minimum absolute atomic E-state index is 0.00937.